The molecule has 1 aliphatic rings. The largest absolute Gasteiger partial charge is 0.496 e. The first-order valence-corrected chi connectivity index (χ1v) is 9.78. The number of para-hydroxylation sites is 1. The highest BCUT2D eigenvalue weighted by Crippen LogP contribution is 2.44. The maximum atomic E-state index is 13.5. The number of methoxy groups -OCH3 is 1. The molecule has 2 aromatic carbocycles. The van der Waals surface area contributed by atoms with Crippen LogP contribution in [-0.4, -0.2) is 23.2 Å². The van der Waals surface area contributed by atoms with Gasteiger partial charge in [0.15, 0.2) is 5.43 Å². The lowest BCUT2D eigenvalue weighted by Gasteiger charge is -2.23. The molecule has 8 heteroatoms. The standard InChI is InChI=1S/C21H15N3O4S/c1-11-7-8-15-13(9-11)18(25)16-17(12-5-3-4-6-14(12)27-2)24(20(26)19(16)28-15)21-23-22-10-29-21/h3-10,17H,1-2H3/t17-/m0/s1. The van der Waals surface area contributed by atoms with Gasteiger partial charge in [0.1, 0.15) is 22.9 Å². The lowest BCUT2D eigenvalue weighted by atomic mass is 9.97. The minimum Gasteiger partial charge on any atom is -0.496 e. The molecule has 1 amide bonds. The monoisotopic (exact) mass is 405 g/mol. The molecule has 0 unspecified atom stereocenters. The zero-order valence-corrected chi connectivity index (χ0v) is 16.4. The van der Waals surface area contributed by atoms with Gasteiger partial charge in [0.2, 0.25) is 10.9 Å². The zero-order valence-electron chi connectivity index (χ0n) is 15.6. The maximum absolute atomic E-state index is 13.5. The third-order valence-corrected chi connectivity index (χ3v) is 5.70. The molecule has 4 aromatic rings. The number of ether oxygens (including phenoxy) is 1. The van der Waals surface area contributed by atoms with Gasteiger partial charge in [-0.05, 0) is 25.1 Å². The number of fused-ring (bicyclic) bond motifs is 2. The Bertz CT molecular complexity index is 1310. The molecule has 2 aromatic heterocycles. The van der Waals surface area contributed by atoms with Crippen molar-refractivity contribution in [2.45, 2.75) is 13.0 Å². The number of hydrogen-bond donors (Lipinski definition) is 0. The summed E-state index contributed by atoms with van der Waals surface area (Å²) >= 11 is 1.22. The SMILES string of the molecule is COc1ccccc1[C@H]1c2c(oc3ccc(C)cc3c2=O)C(=O)N1c1nncs1. The number of anilines is 1. The number of benzene rings is 2. The van der Waals surface area contributed by atoms with E-state index in [2.05, 4.69) is 10.2 Å². The number of aryl methyl sites for hydroxylation is 1. The summed E-state index contributed by atoms with van der Waals surface area (Å²) in [6.45, 7) is 1.91. The van der Waals surface area contributed by atoms with Gasteiger partial charge in [-0.1, -0.05) is 41.2 Å². The van der Waals surface area contributed by atoms with E-state index in [1.165, 1.54) is 16.2 Å². The second kappa shape index (κ2) is 6.52. The molecule has 0 bridgehead atoms. The molecule has 0 radical (unpaired) electrons. The van der Waals surface area contributed by atoms with Gasteiger partial charge in [-0.2, -0.15) is 0 Å². The van der Waals surface area contributed by atoms with Gasteiger partial charge >= 0.3 is 0 Å². The fourth-order valence-electron chi connectivity index (χ4n) is 3.74. The van der Waals surface area contributed by atoms with Crippen molar-refractivity contribution in [2.75, 3.05) is 12.0 Å². The summed E-state index contributed by atoms with van der Waals surface area (Å²) in [7, 11) is 1.55. The molecule has 1 atom stereocenters. The summed E-state index contributed by atoms with van der Waals surface area (Å²) in [6.07, 6.45) is 0. The third kappa shape index (κ3) is 2.56. The number of carbonyl (C=O) groups excluding carboxylic acids is 1. The highest BCUT2D eigenvalue weighted by atomic mass is 32.1. The van der Waals surface area contributed by atoms with E-state index in [4.69, 9.17) is 9.15 Å². The van der Waals surface area contributed by atoms with Crippen molar-refractivity contribution >= 4 is 33.3 Å². The summed E-state index contributed by atoms with van der Waals surface area (Å²) in [5, 5.41) is 8.75. The molecular formula is C21H15N3O4S. The van der Waals surface area contributed by atoms with Gasteiger partial charge in [0, 0.05) is 5.56 Å². The number of amides is 1. The number of hydrogen-bond acceptors (Lipinski definition) is 7. The number of rotatable bonds is 3. The molecule has 0 saturated heterocycles. The Balaban J connectivity index is 1.86. The second-order valence-corrected chi connectivity index (χ2v) is 7.53. The van der Waals surface area contributed by atoms with Gasteiger partial charge in [-0.25, -0.2) is 0 Å². The van der Waals surface area contributed by atoms with Crippen LogP contribution in [0.25, 0.3) is 11.0 Å². The molecule has 0 fully saturated rings. The van der Waals surface area contributed by atoms with Crippen LogP contribution in [0.2, 0.25) is 0 Å². The molecule has 7 nitrogen and oxygen atoms in total. The molecule has 0 spiro atoms. The van der Waals surface area contributed by atoms with Crippen molar-refractivity contribution in [3.05, 3.63) is 80.6 Å². The van der Waals surface area contributed by atoms with Crippen LogP contribution in [0.4, 0.5) is 5.13 Å². The van der Waals surface area contributed by atoms with Gasteiger partial charge in [-0.15, -0.1) is 10.2 Å². The topological polar surface area (TPSA) is 85.5 Å². The van der Waals surface area contributed by atoms with Crippen molar-refractivity contribution in [1.29, 1.82) is 0 Å². The fraction of sp³-hybridized carbons (Fsp3) is 0.143. The summed E-state index contributed by atoms with van der Waals surface area (Å²) < 4.78 is 11.4. The van der Waals surface area contributed by atoms with Crippen LogP contribution < -0.4 is 15.1 Å². The van der Waals surface area contributed by atoms with Gasteiger partial charge in [0.05, 0.1) is 18.1 Å². The summed E-state index contributed by atoms with van der Waals surface area (Å²) in [5.41, 5.74) is 3.58. The van der Waals surface area contributed by atoms with E-state index in [1.54, 1.807) is 30.8 Å². The quantitative estimate of drug-likeness (QED) is 0.517. The Morgan fingerprint density at radius 3 is 2.76 bits per heavy atom. The fourth-order valence-corrected chi connectivity index (χ4v) is 4.33. The highest BCUT2D eigenvalue weighted by Gasteiger charge is 2.45. The minimum atomic E-state index is -0.720. The Morgan fingerprint density at radius 1 is 1.17 bits per heavy atom. The zero-order chi connectivity index (χ0) is 20.1. The summed E-state index contributed by atoms with van der Waals surface area (Å²) in [5.74, 6) is 0.168. The first-order chi connectivity index (χ1) is 14.1. The van der Waals surface area contributed by atoms with Crippen molar-refractivity contribution in [3.8, 4) is 5.75 Å². The average Bonchev–Trinajstić information content (AvgIpc) is 3.35. The lowest BCUT2D eigenvalue weighted by molar-refractivity contribution is 0.0970. The van der Waals surface area contributed by atoms with E-state index in [9.17, 15) is 9.59 Å². The molecule has 1 aliphatic heterocycles. The Kier molecular flexibility index (Phi) is 3.95. The van der Waals surface area contributed by atoms with Gasteiger partial charge < -0.3 is 9.15 Å². The van der Waals surface area contributed by atoms with Crippen molar-refractivity contribution in [3.63, 3.8) is 0 Å². The van der Waals surface area contributed by atoms with Crippen molar-refractivity contribution < 1.29 is 13.9 Å². The molecule has 3 heterocycles. The third-order valence-electron chi connectivity index (χ3n) is 5.01. The van der Waals surface area contributed by atoms with Crippen LogP contribution in [0.5, 0.6) is 5.75 Å². The van der Waals surface area contributed by atoms with Crippen LogP contribution in [0.1, 0.15) is 33.3 Å². The lowest BCUT2D eigenvalue weighted by Crippen LogP contribution is -2.29. The predicted molar refractivity (Wildman–Crippen MR) is 109 cm³/mol. The van der Waals surface area contributed by atoms with Crippen molar-refractivity contribution in [2.24, 2.45) is 0 Å². The molecule has 29 heavy (non-hydrogen) atoms. The molecule has 0 saturated carbocycles. The maximum Gasteiger partial charge on any atom is 0.297 e. The molecule has 5 rings (SSSR count). The van der Waals surface area contributed by atoms with Crippen LogP contribution in [0.3, 0.4) is 0 Å². The highest BCUT2D eigenvalue weighted by molar-refractivity contribution is 7.13. The van der Waals surface area contributed by atoms with Gasteiger partial charge in [0.25, 0.3) is 5.91 Å². The van der Waals surface area contributed by atoms with Crippen LogP contribution in [0.15, 0.2) is 57.2 Å². The smallest absolute Gasteiger partial charge is 0.297 e. The average molecular weight is 405 g/mol. The van der Waals surface area contributed by atoms with E-state index in [1.807, 2.05) is 31.2 Å². The van der Waals surface area contributed by atoms with E-state index in [0.717, 1.165) is 5.56 Å². The number of aromatic nitrogens is 2. The molecule has 0 N–H and O–H groups in total. The first kappa shape index (κ1) is 17.6. The van der Waals surface area contributed by atoms with Crippen LogP contribution in [0, 0.1) is 6.92 Å². The summed E-state index contributed by atoms with van der Waals surface area (Å²) in [6, 6.07) is 11.9. The van der Waals surface area contributed by atoms with Crippen LogP contribution >= 0.6 is 11.3 Å². The first-order valence-electron chi connectivity index (χ1n) is 8.90. The molecule has 144 valence electrons. The Hall–Kier alpha value is -3.52. The normalized spacial score (nSPS) is 15.7. The number of nitrogens with zero attached hydrogens (tertiary/aromatic N) is 3. The second-order valence-electron chi connectivity index (χ2n) is 6.71. The van der Waals surface area contributed by atoms with E-state index in [-0.39, 0.29) is 16.8 Å². The Labute approximate surface area is 169 Å². The molecule has 0 aliphatic carbocycles. The van der Waals surface area contributed by atoms with E-state index in [0.29, 0.717) is 27.4 Å². The number of carbonyl (C=O) groups is 1. The molecular weight excluding hydrogens is 390 g/mol. The van der Waals surface area contributed by atoms with E-state index < -0.39 is 11.9 Å². The van der Waals surface area contributed by atoms with E-state index >= 15 is 0 Å². The minimum absolute atomic E-state index is 0.0254. The Morgan fingerprint density at radius 2 is 2.00 bits per heavy atom. The summed E-state index contributed by atoms with van der Waals surface area (Å²) in [4.78, 5) is 28.3. The predicted octanol–water partition coefficient (Wildman–Crippen LogP) is 3.71. The van der Waals surface area contributed by atoms with Crippen molar-refractivity contribution in [1.82, 2.24) is 10.2 Å². The van der Waals surface area contributed by atoms with Gasteiger partial charge in [-0.3, -0.25) is 14.5 Å². The van der Waals surface area contributed by atoms with Crippen LogP contribution in [-0.2, 0) is 0 Å².